The van der Waals surface area contributed by atoms with Gasteiger partial charge in [-0.3, -0.25) is 9.59 Å². The lowest BCUT2D eigenvalue weighted by Gasteiger charge is -2.23. The van der Waals surface area contributed by atoms with E-state index in [1.165, 1.54) is 0 Å². The van der Waals surface area contributed by atoms with Crippen LogP contribution >= 0.6 is 23.2 Å². The number of aromatic nitrogens is 2. The third-order valence-electron chi connectivity index (χ3n) is 7.78. The molecule has 42 heavy (non-hydrogen) atoms. The van der Waals surface area contributed by atoms with E-state index in [0.29, 0.717) is 50.3 Å². The number of alkyl halides is 3. The van der Waals surface area contributed by atoms with Crippen molar-refractivity contribution in [3.05, 3.63) is 45.4 Å². The van der Waals surface area contributed by atoms with Crippen molar-refractivity contribution in [3.63, 3.8) is 0 Å². The average Bonchev–Trinajstić information content (AvgIpc) is 3.38. The summed E-state index contributed by atoms with van der Waals surface area (Å²) in [5.74, 6) is 0.857. The Balaban J connectivity index is 1.45. The second-order valence-corrected chi connectivity index (χ2v) is 12.9. The van der Waals surface area contributed by atoms with E-state index in [9.17, 15) is 22.8 Å². The first-order valence-corrected chi connectivity index (χ1v) is 14.5. The Hall–Kier alpha value is -3.18. The summed E-state index contributed by atoms with van der Waals surface area (Å²) >= 11 is 13.2. The van der Waals surface area contributed by atoms with E-state index >= 15 is 0 Å². The van der Waals surface area contributed by atoms with Gasteiger partial charge in [-0.05, 0) is 42.0 Å². The summed E-state index contributed by atoms with van der Waals surface area (Å²) in [6.45, 7) is 6.75. The zero-order valence-electron chi connectivity index (χ0n) is 23.8. The minimum Gasteiger partial charge on any atom is -0.370 e. The number of nitrogens with one attached hydrogen (secondary N) is 3. The van der Waals surface area contributed by atoms with Gasteiger partial charge in [0.2, 0.25) is 11.9 Å². The van der Waals surface area contributed by atoms with Crippen LogP contribution in [-0.2, 0) is 18.4 Å². The van der Waals surface area contributed by atoms with Crippen LogP contribution < -0.4 is 20.9 Å². The number of anilines is 3. The Morgan fingerprint density at radius 3 is 2.40 bits per heavy atom. The van der Waals surface area contributed by atoms with E-state index < -0.39 is 30.5 Å². The Morgan fingerprint density at radius 1 is 1.07 bits per heavy atom. The van der Waals surface area contributed by atoms with Gasteiger partial charge in [0, 0.05) is 38.6 Å². The first-order valence-electron chi connectivity index (χ1n) is 13.7. The number of benzene rings is 2. The van der Waals surface area contributed by atoms with Crippen LogP contribution in [0.5, 0.6) is 0 Å². The van der Waals surface area contributed by atoms with Crippen molar-refractivity contribution in [2.75, 3.05) is 29.9 Å². The minimum absolute atomic E-state index is 0.122. The first-order chi connectivity index (χ1) is 19.6. The molecule has 2 unspecified atom stereocenters. The third kappa shape index (κ3) is 6.41. The van der Waals surface area contributed by atoms with E-state index in [-0.39, 0.29) is 18.0 Å². The number of rotatable bonds is 8. The van der Waals surface area contributed by atoms with Gasteiger partial charge in [-0.2, -0.15) is 13.2 Å². The predicted octanol–water partition coefficient (Wildman–Crippen LogP) is 6.42. The van der Waals surface area contributed by atoms with Gasteiger partial charge in [0.25, 0.3) is 5.91 Å². The number of fused-ring (bicyclic) bond motifs is 2. The van der Waals surface area contributed by atoms with Crippen LogP contribution in [0.2, 0.25) is 10.0 Å². The molecule has 1 aromatic heterocycles. The molecule has 8 nitrogen and oxygen atoms in total. The van der Waals surface area contributed by atoms with Crippen molar-refractivity contribution in [3.8, 4) is 0 Å². The number of halogens is 5. The van der Waals surface area contributed by atoms with E-state index in [2.05, 4.69) is 25.8 Å². The zero-order valence-corrected chi connectivity index (χ0v) is 25.3. The lowest BCUT2D eigenvalue weighted by atomic mass is 9.95. The summed E-state index contributed by atoms with van der Waals surface area (Å²) < 4.78 is 39.9. The first kappa shape index (κ1) is 30.3. The molecule has 1 aliphatic heterocycles. The molecule has 1 saturated heterocycles. The minimum atomic E-state index is -4.37. The van der Waals surface area contributed by atoms with Gasteiger partial charge >= 0.3 is 6.18 Å². The molecular weight excluding hydrogens is 592 g/mol. The molecule has 226 valence electrons. The van der Waals surface area contributed by atoms with Crippen molar-refractivity contribution in [2.45, 2.75) is 46.3 Å². The van der Waals surface area contributed by atoms with E-state index in [4.69, 9.17) is 23.2 Å². The number of imidazole rings is 1. The molecule has 2 amide bonds. The van der Waals surface area contributed by atoms with Crippen LogP contribution in [0.4, 0.5) is 30.5 Å². The van der Waals surface area contributed by atoms with Crippen molar-refractivity contribution in [1.29, 1.82) is 0 Å². The van der Waals surface area contributed by atoms with Crippen LogP contribution in [0.3, 0.4) is 0 Å². The summed E-state index contributed by atoms with van der Waals surface area (Å²) in [7, 11) is 1.81. The maximum atomic E-state index is 13.1. The van der Waals surface area contributed by atoms with Gasteiger partial charge < -0.3 is 25.4 Å². The van der Waals surface area contributed by atoms with Crippen LogP contribution in [0.1, 0.15) is 49.5 Å². The number of amides is 2. The smallest absolute Gasteiger partial charge is 0.370 e. The molecule has 2 aliphatic rings. The number of carbonyl (C=O) groups is 2. The van der Waals surface area contributed by atoms with Crippen LogP contribution in [0.15, 0.2) is 24.3 Å². The maximum Gasteiger partial charge on any atom is 0.390 e. The van der Waals surface area contributed by atoms with Gasteiger partial charge in [0.05, 0.1) is 44.4 Å². The van der Waals surface area contributed by atoms with Crippen molar-refractivity contribution in [2.24, 2.45) is 24.3 Å². The van der Waals surface area contributed by atoms with Gasteiger partial charge in [-0.15, -0.1) is 0 Å². The Morgan fingerprint density at radius 2 is 1.76 bits per heavy atom. The molecule has 2 atom stereocenters. The molecule has 13 heteroatoms. The van der Waals surface area contributed by atoms with Crippen LogP contribution in [0, 0.1) is 17.3 Å². The highest BCUT2D eigenvalue weighted by molar-refractivity contribution is 6.39. The summed E-state index contributed by atoms with van der Waals surface area (Å²) in [5, 5.41) is 9.17. The SMILES string of the molecule is Cn1c(Nc2c(Cl)ccc(CNC(=O)C(C)(C)C)c2Cl)nc2cc(C(=O)NCCC(F)(F)F)c(N3CC4CC4C3)cc21. The average molecular weight is 626 g/mol. The Kier molecular flexibility index (Phi) is 8.04. The summed E-state index contributed by atoms with van der Waals surface area (Å²) in [6, 6.07) is 6.89. The normalized spacial score (nSPS) is 18.3. The lowest BCUT2D eigenvalue weighted by Crippen LogP contribution is -2.34. The molecule has 2 fully saturated rings. The molecule has 0 spiro atoms. The number of aryl methyl sites for hydroxylation is 1. The van der Waals surface area contributed by atoms with Crippen LogP contribution in [-0.4, -0.2) is 47.2 Å². The highest BCUT2D eigenvalue weighted by Gasteiger charge is 2.45. The van der Waals surface area contributed by atoms with Crippen molar-refractivity contribution in [1.82, 2.24) is 20.2 Å². The molecule has 3 N–H and O–H groups in total. The molecule has 0 bridgehead atoms. The molecule has 0 radical (unpaired) electrons. The molecule has 3 aromatic rings. The molecule has 1 saturated carbocycles. The number of hydrogen-bond acceptors (Lipinski definition) is 5. The standard InChI is InChI=1S/C29H33Cl2F3N6O2/c1-28(2,3)26(42)36-12-15-5-6-19(30)24(23(15)31)38-27-37-20-10-18(25(41)35-8-7-29(32,33)34)21(11-22(20)39(27)4)40-13-16-9-17(16)14-40/h5-6,10-11,16-17H,7-9,12-14H2,1-4H3,(H,35,41)(H,36,42)(H,37,38). The Bertz CT molecular complexity index is 1540. The summed E-state index contributed by atoms with van der Waals surface area (Å²) in [6.07, 6.45) is -4.32. The lowest BCUT2D eigenvalue weighted by molar-refractivity contribution is -0.133. The number of carbonyl (C=O) groups excluding carboxylic acids is 2. The fourth-order valence-corrected chi connectivity index (χ4v) is 5.72. The topological polar surface area (TPSA) is 91.3 Å². The fraction of sp³-hybridized carbons (Fsp3) is 0.483. The maximum absolute atomic E-state index is 13.1. The number of hydrogen-bond donors (Lipinski definition) is 3. The molecule has 5 rings (SSSR count). The predicted molar refractivity (Wildman–Crippen MR) is 159 cm³/mol. The van der Waals surface area contributed by atoms with E-state index in [1.54, 1.807) is 25.2 Å². The van der Waals surface area contributed by atoms with Gasteiger partial charge in [0.15, 0.2) is 0 Å². The van der Waals surface area contributed by atoms with E-state index in [0.717, 1.165) is 25.0 Å². The van der Waals surface area contributed by atoms with Gasteiger partial charge in [-0.25, -0.2) is 4.98 Å². The Labute approximate surface area is 251 Å². The second kappa shape index (κ2) is 11.1. The van der Waals surface area contributed by atoms with Gasteiger partial charge in [-0.1, -0.05) is 50.0 Å². The quantitative estimate of drug-likeness (QED) is 0.269. The highest BCUT2D eigenvalue weighted by Crippen LogP contribution is 2.47. The molecular formula is C29H33Cl2F3N6O2. The molecule has 2 heterocycles. The molecule has 1 aliphatic carbocycles. The summed E-state index contributed by atoms with van der Waals surface area (Å²) in [4.78, 5) is 32.3. The van der Waals surface area contributed by atoms with Crippen molar-refractivity contribution < 1.29 is 22.8 Å². The summed E-state index contributed by atoms with van der Waals surface area (Å²) in [5.41, 5.74) is 2.66. The van der Waals surface area contributed by atoms with Crippen LogP contribution in [0.25, 0.3) is 11.0 Å². The zero-order chi connectivity index (χ0) is 30.6. The monoisotopic (exact) mass is 624 g/mol. The highest BCUT2D eigenvalue weighted by atomic mass is 35.5. The van der Waals surface area contributed by atoms with Crippen molar-refractivity contribution >= 4 is 63.4 Å². The fourth-order valence-electron chi connectivity index (χ4n) is 5.19. The third-order valence-corrected chi connectivity index (χ3v) is 8.53. The second-order valence-electron chi connectivity index (χ2n) is 12.1. The largest absolute Gasteiger partial charge is 0.390 e. The molecule has 2 aromatic carbocycles. The van der Waals surface area contributed by atoms with Gasteiger partial charge in [0.1, 0.15) is 0 Å². The number of nitrogens with zero attached hydrogens (tertiary/aromatic N) is 3. The number of piperidine rings is 1. The van der Waals surface area contributed by atoms with E-state index in [1.807, 2.05) is 31.4 Å².